The average Bonchev–Trinajstić information content (AvgIpc) is 2.65. The van der Waals surface area contributed by atoms with Crippen LogP contribution in [-0.2, 0) is 0 Å². The van der Waals surface area contributed by atoms with Gasteiger partial charge in [-0.25, -0.2) is 9.67 Å². The molecule has 0 spiro atoms. The Bertz CT molecular complexity index is 419. The van der Waals surface area contributed by atoms with Crippen molar-refractivity contribution in [3.05, 3.63) is 36.4 Å². The Morgan fingerprint density at radius 2 is 1.93 bits per heavy atom. The van der Waals surface area contributed by atoms with Gasteiger partial charge in [-0.2, -0.15) is 5.10 Å². The normalized spacial score (nSPS) is 10.1. The molecular weight excluding hydrogens is 178 g/mol. The topological polar surface area (TPSA) is 39.9 Å². The molecule has 0 aliphatic carbocycles. The molecule has 0 unspecified atom stereocenters. The molecule has 0 bridgehead atoms. The number of hydrogen-bond donors (Lipinski definition) is 0. The van der Waals surface area contributed by atoms with Gasteiger partial charge < -0.3 is 4.74 Å². The number of ether oxygens (including phenoxy) is 1. The van der Waals surface area contributed by atoms with E-state index in [0.29, 0.717) is 0 Å². The first kappa shape index (κ1) is 8.74. The summed E-state index contributed by atoms with van der Waals surface area (Å²) in [5.41, 5.74) is 0.987. The van der Waals surface area contributed by atoms with Crippen LogP contribution in [0.2, 0.25) is 0 Å². The van der Waals surface area contributed by atoms with Crippen molar-refractivity contribution in [3.63, 3.8) is 0 Å². The van der Waals surface area contributed by atoms with E-state index in [2.05, 4.69) is 10.1 Å². The minimum Gasteiger partial charge on any atom is -0.497 e. The maximum absolute atomic E-state index is 5.07. The molecule has 0 saturated heterocycles. The zero-order valence-electron chi connectivity index (χ0n) is 8.14. The van der Waals surface area contributed by atoms with Crippen molar-refractivity contribution in [2.24, 2.45) is 0 Å². The van der Waals surface area contributed by atoms with Crippen LogP contribution in [-0.4, -0.2) is 21.9 Å². The zero-order valence-corrected chi connectivity index (χ0v) is 8.14. The van der Waals surface area contributed by atoms with E-state index in [1.54, 1.807) is 18.1 Å². The first-order chi connectivity index (χ1) is 6.81. The van der Waals surface area contributed by atoms with Gasteiger partial charge in [0, 0.05) is 0 Å². The second kappa shape index (κ2) is 3.49. The number of rotatable bonds is 2. The first-order valence-electron chi connectivity index (χ1n) is 4.32. The fourth-order valence-electron chi connectivity index (χ4n) is 1.28. The lowest BCUT2D eigenvalue weighted by atomic mass is 10.3. The third-order valence-corrected chi connectivity index (χ3v) is 2.04. The Morgan fingerprint density at radius 1 is 1.21 bits per heavy atom. The number of aromatic nitrogens is 3. The van der Waals surface area contributed by atoms with Gasteiger partial charge in [0.25, 0.3) is 0 Å². The summed E-state index contributed by atoms with van der Waals surface area (Å²) < 4.78 is 6.85. The molecule has 0 amide bonds. The van der Waals surface area contributed by atoms with Crippen LogP contribution in [0.25, 0.3) is 5.69 Å². The molecule has 0 fully saturated rings. The van der Waals surface area contributed by atoms with Crippen molar-refractivity contribution >= 4 is 0 Å². The maximum atomic E-state index is 5.07. The highest BCUT2D eigenvalue weighted by atomic mass is 16.5. The standard InChI is InChI=1S/C10H11N3O/c1-8-11-7-12-13(8)9-3-5-10(14-2)6-4-9/h3-7H,1-2H3. The molecule has 14 heavy (non-hydrogen) atoms. The fraction of sp³-hybridized carbons (Fsp3) is 0.200. The summed E-state index contributed by atoms with van der Waals surface area (Å²) in [4.78, 5) is 4.06. The Balaban J connectivity index is 2.39. The minimum atomic E-state index is 0.839. The monoisotopic (exact) mass is 189 g/mol. The molecule has 4 nitrogen and oxygen atoms in total. The third kappa shape index (κ3) is 1.46. The van der Waals surface area contributed by atoms with Crippen LogP contribution in [0, 0.1) is 6.92 Å². The first-order valence-corrected chi connectivity index (χ1v) is 4.32. The van der Waals surface area contributed by atoms with E-state index >= 15 is 0 Å². The number of benzene rings is 1. The van der Waals surface area contributed by atoms with Gasteiger partial charge in [-0.1, -0.05) is 0 Å². The Kier molecular flexibility index (Phi) is 2.18. The van der Waals surface area contributed by atoms with Gasteiger partial charge in [0.05, 0.1) is 12.8 Å². The van der Waals surface area contributed by atoms with Crippen molar-refractivity contribution in [3.8, 4) is 11.4 Å². The van der Waals surface area contributed by atoms with Crippen molar-refractivity contribution < 1.29 is 4.74 Å². The molecule has 0 aliphatic rings. The van der Waals surface area contributed by atoms with Crippen LogP contribution in [0.5, 0.6) is 5.75 Å². The van der Waals surface area contributed by atoms with Crippen LogP contribution in [0.1, 0.15) is 5.82 Å². The van der Waals surface area contributed by atoms with E-state index in [9.17, 15) is 0 Å². The van der Waals surface area contributed by atoms with Crippen LogP contribution in [0.3, 0.4) is 0 Å². The summed E-state index contributed by atoms with van der Waals surface area (Å²) >= 11 is 0. The number of hydrogen-bond acceptors (Lipinski definition) is 3. The van der Waals surface area contributed by atoms with Gasteiger partial charge >= 0.3 is 0 Å². The van der Waals surface area contributed by atoms with Gasteiger partial charge in [-0.3, -0.25) is 0 Å². The van der Waals surface area contributed by atoms with E-state index in [4.69, 9.17) is 4.74 Å². The highest BCUT2D eigenvalue weighted by Crippen LogP contribution is 2.14. The van der Waals surface area contributed by atoms with Crippen molar-refractivity contribution in [1.82, 2.24) is 14.8 Å². The van der Waals surface area contributed by atoms with Gasteiger partial charge in [0.15, 0.2) is 0 Å². The number of aryl methyl sites for hydroxylation is 1. The van der Waals surface area contributed by atoms with Crippen LogP contribution in [0.4, 0.5) is 0 Å². The summed E-state index contributed by atoms with van der Waals surface area (Å²) in [5, 5.41) is 4.11. The zero-order chi connectivity index (χ0) is 9.97. The van der Waals surface area contributed by atoms with E-state index in [1.807, 2.05) is 31.2 Å². The molecule has 1 aromatic carbocycles. The molecule has 72 valence electrons. The molecule has 0 radical (unpaired) electrons. The van der Waals surface area contributed by atoms with Gasteiger partial charge in [-0.15, -0.1) is 0 Å². The number of methoxy groups -OCH3 is 1. The summed E-state index contributed by atoms with van der Waals surface area (Å²) in [5.74, 6) is 1.71. The van der Waals surface area contributed by atoms with Crippen LogP contribution >= 0.6 is 0 Å². The predicted molar refractivity (Wildman–Crippen MR) is 52.6 cm³/mol. The van der Waals surface area contributed by atoms with Gasteiger partial charge in [0.2, 0.25) is 0 Å². The largest absolute Gasteiger partial charge is 0.497 e. The van der Waals surface area contributed by atoms with E-state index < -0.39 is 0 Å². The predicted octanol–water partition coefficient (Wildman–Crippen LogP) is 1.58. The summed E-state index contributed by atoms with van der Waals surface area (Å²) in [6.45, 7) is 1.91. The Morgan fingerprint density at radius 3 is 2.43 bits per heavy atom. The molecule has 4 heteroatoms. The molecule has 1 heterocycles. The molecule has 1 aromatic heterocycles. The summed E-state index contributed by atoms with van der Waals surface area (Å²) in [6.07, 6.45) is 1.54. The second-order valence-electron chi connectivity index (χ2n) is 2.92. The molecule has 0 aliphatic heterocycles. The van der Waals surface area contributed by atoms with Gasteiger partial charge in [0.1, 0.15) is 17.9 Å². The Labute approximate surface area is 82.2 Å². The average molecular weight is 189 g/mol. The van der Waals surface area contributed by atoms with Crippen LogP contribution < -0.4 is 4.74 Å². The lowest BCUT2D eigenvalue weighted by molar-refractivity contribution is 0.414. The minimum absolute atomic E-state index is 0.839. The quantitative estimate of drug-likeness (QED) is 0.720. The van der Waals surface area contributed by atoms with Crippen molar-refractivity contribution in [2.75, 3.05) is 7.11 Å². The highest BCUT2D eigenvalue weighted by molar-refractivity contribution is 5.36. The van der Waals surface area contributed by atoms with E-state index in [-0.39, 0.29) is 0 Å². The fourth-order valence-corrected chi connectivity index (χ4v) is 1.28. The number of nitrogens with zero attached hydrogens (tertiary/aromatic N) is 3. The van der Waals surface area contributed by atoms with Crippen molar-refractivity contribution in [1.29, 1.82) is 0 Å². The third-order valence-electron chi connectivity index (χ3n) is 2.04. The molecule has 2 rings (SSSR count). The van der Waals surface area contributed by atoms with Crippen molar-refractivity contribution in [2.45, 2.75) is 6.92 Å². The maximum Gasteiger partial charge on any atom is 0.138 e. The molecular formula is C10H11N3O. The molecule has 0 atom stereocenters. The highest BCUT2D eigenvalue weighted by Gasteiger charge is 2.01. The lowest BCUT2D eigenvalue weighted by Gasteiger charge is -2.03. The van der Waals surface area contributed by atoms with E-state index in [0.717, 1.165) is 17.3 Å². The van der Waals surface area contributed by atoms with E-state index in [1.165, 1.54) is 0 Å². The molecule has 0 saturated carbocycles. The smallest absolute Gasteiger partial charge is 0.138 e. The summed E-state index contributed by atoms with van der Waals surface area (Å²) in [7, 11) is 1.65. The summed E-state index contributed by atoms with van der Waals surface area (Å²) in [6, 6.07) is 7.69. The second-order valence-corrected chi connectivity index (χ2v) is 2.92. The molecule has 0 N–H and O–H groups in total. The SMILES string of the molecule is COc1ccc(-n2ncnc2C)cc1. The Hall–Kier alpha value is -1.84. The van der Waals surface area contributed by atoms with Gasteiger partial charge in [-0.05, 0) is 31.2 Å². The van der Waals surface area contributed by atoms with Crippen LogP contribution in [0.15, 0.2) is 30.6 Å². The molecule has 2 aromatic rings. The lowest BCUT2D eigenvalue weighted by Crippen LogP contribution is -1.98.